The molecule has 0 saturated heterocycles. The number of nitrogens with zero attached hydrogens (tertiary/aromatic N) is 6. The topological polar surface area (TPSA) is 92.3 Å². The average Bonchev–Trinajstić information content (AvgIpc) is 3.23. The number of aromatic nitrogens is 5. The third kappa shape index (κ3) is 3.79. The molecule has 0 unspecified atom stereocenters. The predicted octanol–water partition coefficient (Wildman–Crippen LogP) is 5.42. The van der Waals surface area contributed by atoms with Crippen molar-refractivity contribution in [1.82, 2.24) is 25.0 Å². The van der Waals surface area contributed by atoms with Crippen LogP contribution in [0.3, 0.4) is 0 Å². The van der Waals surface area contributed by atoms with E-state index in [9.17, 15) is 5.26 Å². The van der Waals surface area contributed by atoms with Gasteiger partial charge in [0.05, 0.1) is 17.4 Å². The molecule has 7 nitrogen and oxygen atoms in total. The van der Waals surface area contributed by atoms with Gasteiger partial charge in [-0.15, -0.1) is 10.2 Å². The van der Waals surface area contributed by atoms with E-state index in [4.69, 9.17) is 4.98 Å². The minimum absolute atomic E-state index is 0.392. The molecule has 5 rings (SSSR count). The number of rotatable bonds is 4. The summed E-state index contributed by atoms with van der Waals surface area (Å²) in [5.41, 5.74) is 6.43. The van der Waals surface area contributed by atoms with E-state index in [0.717, 1.165) is 33.3 Å². The highest BCUT2D eigenvalue weighted by molar-refractivity contribution is 5.85. The Morgan fingerprint density at radius 3 is 2.45 bits per heavy atom. The molecule has 0 saturated carbocycles. The lowest BCUT2D eigenvalue weighted by atomic mass is 10.1. The molecule has 0 aliphatic heterocycles. The van der Waals surface area contributed by atoms with E-state index in [1.54, 1.807) is 4.68 Å². The summed E-state index contributed by atoms with van der Waals surface area (Å²) in [5.74, 6) is 1.63. The van der Waals surface area contributed by atoms with E-state index in [1.165, 1.54) is 11.8 Å². The molecule has 0 bridgehead atoms. The van der Waals surface area contributed by atoms with Crippen LogP contribution in [-0.2, 0) is 0 Å². The van der Waals surface area contributed by atoms with Gasteiger partial charge in [0, 0.05) is 10.9 Å². The van der Waals surface area contributed by atoms with Gasteiger partial charge in [0.25, 0.3) is 0 Å². The first-order chi connectivity index (χ1) is 16.0. The van der Waals surface area contributed by atoms with Crippen molar-refractivity contribution in [3.8, 4) is 23.1 Å². The number of fused-ring (bicyclic) bond motifs is 1. The van der Waals surface area contributed by atoms with Crippen LogP contribution < -0.4 is 5.32 Å². The fraction of sp³-hybridized carbons (Fsp3) is 0.115. The van der Waals surface area contributed by atoms with Gasteiger partial charge < -0.3 is 5.32 Å². The van der Waals surface area contributed by atoms with Crippen molar-refractivity contribution in [2.45, 2.75) is 20.8 Å². The summed E-state index contributed by atoms with van der Waals surface area (Å²) >= 11 is 0. The fourth-order valence-corrected chi connectivity index (χ4v) is 3.78. The van der Waals surface area contributed by atoms with Gasteiger partial charge in [0.1, 0.15) is 11.6 Å². The highest BCUT2D eigenvalue weighted by Gasteiger charge is 2.16. The van der Waals surface area contributed by atoms with Crippen LogP contribution in [0.15, 0.2) is 66.9 Å². The summed E-state index contributed by atoms with van der Waals surface area (Å²) in [7, 11) is 0. The Kier molecular flexibility index (Phi) is 5.04. The molecule has 5 aromatic rings. The summed E-state index contributed by atoms with van der Waals surface area (Å²) in [6.07, 6.45) is 1.52. The summed E-state index contributed by atoms with van der Waals surface area (Å²) in [4.78, 5) is 4.83. The largest absolute Gasteiger partial charge is 0.322 e. The summed E-state index contributed by atoms with van der Waals surface area (Å²) in [6.45, 7) is 6.13. The maximum atomic E-state index is 9.64. The van der Waals surface area contributed by atoms with E-state index in [0.29, 0.717) is 23.0 Å². The number of para-hydroxylation sites is 1. The van der Waals surface area contributed by atoms with Gasteiger partial charge in [0.15, 0.2) is 17.5 Å². The second kappa shape index (κ2) is 8.17. The molecular formula is C26H21N7. The first-order valence-corrected chi connectivity index (χ1v) is 10.6. The Bertz CT molecular complexity index is 1510. The third-order valence-electron chi connectivity index (χ3n) is 5.60. The number of nitriles is 1. The quantitative estimate of drug-likeness (QED) is 0.409. The Balaban J connectivity index is 1.52. The maximum absolute atomic E-state index is 9.64. The Morgan fingerprint density at radius 1 is 0.909 bits per heavy atom. The zero-order chi connectivity index (χ0) is 22.9. The lowest BCUT2D eigenvalue weighted by Gasteiger charge is -2.12. The van der Waals surface area contributed by atoms with Crippen LogP contribution in [0.25, 0.3) is 28.0 Å². The monoisotopic (exact) mass is 431 g/mol. The number of nitrogens with one attached hydrogen (secondary N) is 1. The zero-order valence-corrected chi connectivity index (χ0v) is 18.5. The van der Waals surface area contributed by atoms with Crippen LogP contribution in [0.2, 0.25) is 0 Å². The Labute approximate surface area is 191 Å². The molecule has 0 spiro atoms. The highest BCUT2D eigenvalue weighted by Crippen LogP contribution is 2.27. The van der Waals surface area contributed by atoms with Gasteiger partial charge in [-0.1, -0.05) is 48.0 Å². The third-order valence-corrected chi connectivity index (χ3v) is 5.60. The molecule has 3 heterocycles. The number of benzene rings is 2. The fourth-order valence-electron chi connectivity index (χ4n) is 3.78. The van der Waals surface area contributed by atoms with Crippen LogP contribution >= 0.6 is 0 Å². The van der Waals surface area contributed by atoms with Crippen LogP contribution in [0.5, 0.6) is 0 Å². The van der Waals surface area contributed by atoms with Crippen molar-refractivity contribution < 1.29 is 0 Å². The molecule has 7 heteroatoms. The molecule has 160 valence electrons. The van der Waals surface area contributed by atoms with Gasteiger partial charge in [-0.25, -0.2) is 4.98 Å². The molecule has 3 aromatic heterocycles. The van der Waals surface area contributed by atoms with E-state index in [2.05, 4.69) is 32.7 Å². The van der Waals surface area contributed by atoms with Crippen molar-refractivity contribution in [2.24, 2.45) is 0 Å². The second-order valence-electron chi connectivity index (χ2n) is 7.99. The molecule has 0 amide bonds. The first-order valence-electron chi connectivity index (χ1n) is 10.6. The van der Waals surface area contributed by atoms with Gasteiger partial charge in [0.2, 0.25) is 0 Å². The van der Waals surface area contributed by atoms with E-state index in [1.807, 2.05) is 75.4 Å². The summed E-state index contributed by atoms with van der Waals surface area (Å²) in [5, 5.41) is 27.0. The molecule has 0 aliphatic rings. The minimum Gasteiger partial charge on any atom is -0.322 e. The maximum Gasteiger partial charge on any atom is 0.156 e. The number of aryl methyl sites for hydroxylation is 3. The SMILES string of the molecule is Cc1ccc(-c2ccc(Nc3c(C#N)cnn3-c3cc(C)c4cccc(C)c4n3)nn2)cc1. The van der Waals surface area contributed by atoms with Crippen molar-refractivity contribution in [3.63, 3.8) is 0 Å². The minimum atomic E-state index is 0.392. The number of anilines is 2. The van der Waals surface area contributed by atoms with E-state index < -0.39 is 0 Å². The lowest BCUT2D eigenvalue weighted by molar-refractivity contribution is 0.856. The molecular weight excluding hydrogens is 410 g/mol. The highest BCUT2D eigenvalue weighted by atomic mass is 15.4. The van der Waals surface area contributed by atoms with Crippen molar-refractivity contribution in [3.05, 3.63) is 89.1 Å². The standard InChI is InChI=1S/C26H21N7/c1-16-7-9-19(10-8-16)22-11-12-23(32-31-22)29-26-20(14-27)15-28-33(26)24-13-18(3)21-6-4-5-17(2)25(21)30-24/h4-13,15H,1-3H3,(H,29,32). The van der Waals surface area contributed by atoms with Crippen molar-refractivity contribution in [1.29, 1.82) is 5.26 Å². The Morgan fingerprint density at radius 2 is 1.73 bits per heavy atom. The molecule has 0 atom stereocenters. The summed E-state index contributed by atoms with van der Waals surface area (Å²) in [6, 6.07) is 22.1. The lowest BCUT2D eigenvalue weighted by Crippen LogP contribution is -2.07. The first kappa shape index (κ1) is 20.3. The molecule has 0 aliphatic carbocycles. The van der Waals surface area contributed by atoms with Gasteiger partial charge in [-0.2, -0.15) is 15.0 Å². The molecule has 0 radical (unpaired) electrons. The average molecular weight is 432 g/mol. The van der Waals surface area contributed by atoms with Crippen LogP contribution in [0, 0.1) is 32.1 Å². The van der Waals surface area contributed by atoms with Crippen LogP contribution in [0.4, 0.5) is 11.6 Å². The predicted molar refractivity (Wildman–Crippen MR) is 129 cm³/mol. The molecule has 33 heavy (non-hydrogen) atoms. The summed E-state index contributed by atoms with van der Waals surface area (Å²) < 4.78 is 1.63. The van der Waals surface area contributed by atoms with Gasteiger partial charge >= 0.3 is 0 Å². The Hall–Kier alpha value is -4.57. The number of pyridine rings is 1. The second-order valence-corrected chi connectivity index (χ2v) is 7.99. The molecule has 1 N–H and O–H groups in total. The normalized spacial score (nSPS) is 10.8. The van der Waals surface area contributed by atoms with Gasteiger partial charge in [-0.3, -0.25) is 0 Å². The zero-order valence-electron chi connectivity index (χ0n) is 18.5. The van der Waals surface area contributed by atoms with Crippen molar-refractivity contribution in [2.75, 3.05) is 5.32 Å². The smallest absolute Gasteiger partial charge is 0.156 e. The molecule has 0 fully saturated rings. The molecule has 2 aromatic carbocycles. The van der Waals surface area contributed by atoms with Crippen LogP contribution in [0.1, 0.15) is 22.3 Å². The van der Waals surface area contributed by atoms with E-state index >= 15 is 0 Å². The van der Waals surface area contributed by atoms with E-state index in [-0.39, 0.29) is 0 Å². The van der Waals surface area contributed by atoms with Crippen molar-refractivity contribution >= 4 is 22.5 Å². The van der Waals surface area contributed by atoms with Crippen LogP contribution in [-0.4, -0.2) is 25.0 Å². The number of hydrogen-bond acceptors (Lipinski definition) is 6. The number of hydrogen-bond donors (Lipinski definition) is 1. The van der Waals surface area contributed by atoms with Gasteiger partial charge in [-0.05, 0) is 50.1 Å².